The summed E-state index contributed by atoms with van der Waals surface area (Å²) in [5.74, 6) is -0.447. The molecule has 2 aliphatic heterocycles. The van der Waals surface area contributed by atoms with Gasteiger partial charge in [0.25, 0.3) is 5.91 Å². The summed E-state index contributed by atoms with van der Waals surface area (Å²) in [6.07, 6.45) is -3.18. The molecular formula is C27H27N3O5P2. The van der Waals surface area contributed by atoms with E-state index in [0.717, 1.165) is 21.9 Å². The average Bonchev–Trinajstić information content (AvgIpc) is 3.32. The number of nitrogens with zero attached hydrogens (tertiary/aromatic N) is 3. The Hall–Kier alpha value is -2.86. The summed E-state index contributed by atoms with van der Waals surface area (Å²) in [7, 11) is 2.60. The van der Waals surface area contributed by atoms with E-state index < -0.39 is 24.1 Å². The number of rotatable bonds is 3. The lowest BCUT2D eigenvalue weighted by Gasteiger charge is -2.34. The minimum absolute atomic E-state index is 0.0733. The summed E-state index contributed by atoms with van der Waals surface area (Å²) < 4.78 is 1.94. The van der Waals surface area contributed by atoms with Crippen LogP contribution in [0.4, 0.5) is 0 Å². The molecular weight excluding hydrogens is 508 g/mol. The Morgan fingerprint density at radius 3 is 2.51 bits per heavy atom. The van der Waals surface area contributed by atoms with Crippen molar-refractivity contribution in [1.82, 2.24) is 14.5 Å². The topological polar surface area (TPSA) is 119 Å². The van der Waals surface area contributed by atoms with Crippen molar-refractivity contribution in [2.45, 2.75) is 31.5 Å². The van der Waals surface area contributed by atoms with Crippen LogP contribution in [0.25, 0.3) is 22.2 Å². The third-order valence-electron chi connectivity index (χ3n) is 7.43. The molecule has 0 fully saturated rings. The number of aliphatic hydroxyl groups is 3. The third kappa shape index (κ3) is 3.63. The monoisotopic (exact) mass is 535 g/mol. The minimum atomic E-state index is -3.40. The minimum Gasteiger partial charge on any atom is -0.508 e. The number of aromatic nitrogens is 2. The highest BCUT2D eigenvalue weighted by Gasteiger charge is 2.51. The van der Waals surface area contributed by atoms with E-state index in [9.17, 15) is 25.2 Å². The molecule has 2 aliphatic rings. The highest BCUT2D eigenvalue weighted by atomic mass is 31.1. The zero-order valence-corrected chi connectivity index (χ0v) is 22.6. The van der Waals surface area contributed by atoms with Gasteiger partial charge in [0, 0.05) is 17.5 Å². The molecule has 6 rings (SSSR count). The first-order chi connectivity index (χ1) is 17.5. The van der Waals surface area contributed by atoms with E-state index in [2.05, 4.69) is 41.6 Å². The van der Waals surface area contributed by atoms with Crippen LogP contribution < -0.4 is 10.6 Å². The Labute approximate surface area is 217 Å². The van der Waals surface area contributed by atoms with Crippen LogP contribution in [0.2, 0.25) is 0 Å². The van der Waals surface area contributed by atoms with E-state index in [1.807, 2.05) is 22.8 Å². The number of amides is 1. The second-order valence-corrected chi connectivity index (χ2v) is 12.8. The molecule has 0 radical (unpaired) electrons. The van der Waals surface area contributed by atoms with E-state index in [4.69, 9.17) is 4.98 Å². The summed E-state index contributed by atoms with van der Waals surface area (Å²) in [6.45, 7) is 6.61. The van der Waals surface area contributed by atoms with Gasteiger partial charge in [-0.25, -0.2) is 4.98 Å². The molecule has 10 heteroatoms. The number of phenols is 1. The Kier molecular flexibility index (Phi) is 5.50. The number of aryl methyl sites for hydroxylation is 1. The Bertz CT molecular complexity index is 1610. The normalized spacial score (nSPS) is 18.9. The van der Waals surface area contributed by atoms with Crippen LogP contribution in [0.15, 0.2) is 48.5 Å². The zero-order valence-electron chi connectivity index (χ0n) is 20.5. The molecule has 0 spiro atoms. The summed E-state index contributed by atoms with van der Waals surface area (Å²) >= 11 is 0. The fourth-order valence-corrected chi connectivity index (χ4v) is 7.61. The van der Waals surface area contributed by atoms with Gasteiger partial charge in [0.2, 0.25) is 0 Å². The molecule has 190 valence electrons. The number of imidazole rings is 1. The van der Waals surface area contributed by atoms with Gasteiger partial charge in [0.1, 0.15) is 17.6 Å². The molecule has 3 atom stereocenters. The van der Waals surface area contributed by atoms with E-state index >= 15 is 0 Å². The molecule has 0 saturated heterocycles. The fourth-order valence-electron chi connectivity index (χ4n) is 5.88. The summed E-state index contributed by atoms with van der Waals surface area (Å²) in [5.41, 5.74) is 5.26. The van der Waals surface area contributed by atoms with Crippen LogP contribution in [0.1, 0.15) is 45.8 Å². The van der Waals surface area contributed by atoms with Crippen molar-refractivity contribution >= 4 is 44.7 Å². The predicted molar refractivity (Wildman–Crippen MR) is 147 cm³/mol. The fraction of sp³-hybridized carbons (Fsp3) is 0.259. The first-order valence-corrected chi connectivity index (χ1v) is 14.7. The van der Waals surface area contributed by atoms with Crippen LogP contribution in [-0.4, -0.2) is 60.2 Å². The predicted octanol–water partition coefficient (Wildman–Crippen LogP) is 2.66. The first kappa shape index (κ1) is 24.5. The number of phenolic OH excluding ortho intramolecular Hbond substituents is 1. The van der Waals surface area contributed by atoms with Crippen molar-refractivity contribution in [3.8, 4) is 16.9 Å². The van der Waals surface area contributed by atoms with Crippen molar-refractivity contribution in [3.05, 3.63) is 71.0 Å². The van der Waals surface area contributed by atoms with Crippen molar-refractivity contribution < 1.29 is 25.2 Å². The van der Waals surface area contributed by atoms with Crippen molar-refractivity contribution in [2.24, 2.45) is 0 Å². The zero-order chi connectivity index (χ0) is 26.4. The number of benzene rings is 3. The molecule has 37 heavy (non-hydrogen) atoms. The van der Waals surface area contributed by atoms with E-state index in [-0.39, 0.29) is 25.7 Å². The lowest BCUT2D eigenvalue weighted by Crippen LogP contribution is -2.53. The number of aromatic hydroxyl groups is 1. The summed E-state index contributed by atoms with van der Waals surface area (Å²) in [5, 5.41) is 43.8. The average molecular weight is 535 g/mol. The maximum absolute atomic E-state index is 13.3. The van der Waals surface area contributed by atoms with Crippen molar-refractivity contribution in [2.75, 3.05) is 13.3 Å². The van der Waals surface area contributed by atoms with Gasteiger partial charge >= 0.3 is 6.10 Å². The van der Waals surface area contributed by atoms with E-state index in [1.54, 1.807) is 0 Å². The number of hydrogen-bond acceptors (Lipinski definition) is 6. The molecule has 1 amide bonds. The SMILES string of the molecule is Cc1cc(-c2ccc3nc4n(c3c2)C2CC4N(C(O)(O)O)C(=O)c3cccc(O)c32)c(P)cc1P(C)C. The van der Waals surface area contributed by atoms with Crippen LogP contribution in [-0.2, 0) is 0 Å². The molecule has 0 saturated carbocycles. The number of fused-ring (bicyclic) bond motifs is 9. The summed E-state index contributed by atoms with van der Waals surface area (Å²) in [4.78, 5) is 18.7. The molecule has 3 heterocycles. The maximum Gasteiger partial charge on any atom is 0.372 e. The molecule has 1 aromatic heterocycles. The van der Waals surface area contributed by atoms with Crippen LogP contribution in [0, 0.1) is 6.92 Å². The number of hydrogen-bond donors (Lipinski definition) is 4. The smallest absolute Gasteiger partial charge is 0.372 e. The molecule has 3 unspecified atom stereocenters. The molecule has 4 aromatic rings. The lowest BCUT2D eigenvalue weighted by atomic mass is 9.97. The van der Waals surface area contributed by atoms with Gasteiger partial charge in [-0.1, -0.05) is 26.1 Å². The molecule has 3 aromatic carbocycles. The molecule has 0 aliphatic carbocycles. The Morgan fingerprint density at radius 2 is 1.81 bits per heavy atom. The van der Waals surface area contributed by atoms with Crippen LogP contribution in [0.5, 0.6) is 5.75 Å². The van der Waals surface area contributed by atoms with Gasteiger partial charge in [0.15, 0.2) is 0 Å². The quantitative estimate of drug-likeness (QED) is 0.237. The number of carbonyl (C=O) groups is 1. The van der Waals surface area contributed by atoms with Gasteiger partial charge in [-0.15, -0.1) is 9.24 Å². The van der Waals surface area contributed by atoms with Gasteiger partial charge < -0.3 is 25.0 Å². The standard InChI is InChI=1S/C27H27N3O5P2/c1-13-9-16(22(36)12-23(13)37(2)3)14-7-8-17-18(10-14)29-19-11-20(25(29)28-17)30(27(33,34)35)26(32)15-5-4-6-21(31)24(15)19/h4-10,12,19-20,31,33-35H,11,36H2,1-3H3. The Balaban J connectivity index is 1.59. The number of carbonyl (C=O) groups excluding carboxylic acids is 1. The molecule has 2 bridgehead atoms. The molecule has 4 N–H and O–H groups in total. The highest BCUT2D eigenvalue weighted by molar-refractivity contribution is 7.64. The second kappa shape index (κ2) is 8.32. The maximum atomic E-state index is 13.3. The second-order valence-electron chi connectivity index (χ2n) is 9.94. The van der Waals surface area contributed by atoms with Gasteiger partial charge in [-0.05, 0) is 77.9 Å². The molecule has 8 nitrogen and oxygen atoms in total. The Morgan fingerprint density at radius 1 is 1.05 bits per heavy atom. The van der Waals surface area contributed by atoms with Gasteiger partial charge in [-0.2, -0.15) is 0 Å². The van der Waals surface area contributed by atoms with Crippen LogP contribution >= 0.6 is 17.2 Å². The van der Waals surface area contributed by atoms with Gasteiger partial charge in [0.05, 0.1) is 17.1 Å². The first-order valence-electron chi connectivity index (χ1n) is 11.9. The van der Waals surface area contributed by atoms with Crippen LogP contribution in [0.3, 0.4) is 0 Å². The highest BCUT2D eigenvalue weighted by Crippen LogP contribution is 2.51. The van der Waals surface area contributed by atoms with E-state index in [0.29, 0.717) is 21.8 Å². The largest absolute Gasteiger partial charge is 0.508 e. The summed E-state index contributed by atoms with van der Waals surface area (Å²) in [6, 6.07) is 13.5. The third-order valence-corrected chi connectivity index (χ3v) is 9.36. The van der Waals surface area contributed by atoms with Gasteiger partial charge in [-0.3, -0.25) is 9.69 Å². The lowest BCUT2D eigenvalue weighted by molar-refractivity contribution is -0.385. The van der Waals surface area contributed by atoms with Crippen molar-refractivity contribution in [1.29, 1.82) is 0 Å². The van der Waals surface area contributed by atoms with Crippen molar-refractivity contribution in [3.63, 3.8) is 0 Å². The van der Waals surface area contributed by atoms with E-state index in [1.165, 1.54) is 29.1 Å².